The molecule has 0 aliphatic rings. The Hall–Kier alpha value is -1.41. The first-order chi connectivity index (χ1) is 10.6. The van der Waals surface area contributed by atoms with Crippen molar-refractivity contribution in [2.45, 2.75) is 13.5 Å². The van der Waals surface area contributed by atoms with Gasteiger partial charge in [-0.2, -0.15) is 5.10 Å². The Morgan fingerprint density at radius 1 is 1.45 bits per heavy atom. The van der Waals surface area contributed by atoms with Crippen LogP contribution in [-0.2, 0) is 6.54 Å². The molecule has 114 valence electrons. The highest BCUT2D eigenvalue weighted by Crippen LogP contribution is 2.38. The quantitative estimate of drug-likeness (QED) is 0.724. The molecule has 1 amide bonds. The van der Waals surface area contributed by atoms with Crippen molar-refractivity contribution in [1.29, 1.82) is 0 Å². The Morgan fingerprint density at radius 3 is 2.91 bits per heavy atom. The van der Waals surface area contributed by atoms with Gasteiger partial charge in [-0.1, -0.05) is 23.2 Å². The van der Waals surface area contributed by atoms with Crippen LogP contribution in [0.3, 0.4) is 0 Å². The van der Waals surface area contributed by atoms with Crippen LogP contribution < -0.4 is 5.32 Å². The highest BCUT2D eigenvalue weighted by Gasteiger charge is 2.15. The fraction of sp³-hybridized carbons (Fsp3) is 0.154. The average Bonchev–Trinajstić information content (AvgIpc) is 3.18. The van der Waals surface area contributed by atoms with Crippen LogP contribution in [0.5, 0.6) is 0 Å². The third-order valence-electron chi connectivity index (χ3n) is 2.85. The van der Waals surface area contributed by atoms with Crippen molar-refractivity contribution in [3.63, 3.8) is 0 Å². The Labute approximate surface area is 144 Å². The molecule has 9 heteroatoms. The lowest BCUT2D eigenvalue weighted by atomic mass is 10.3. The van der Waals surface area contributed by atoms with Gasteiger partial charge in [-0.25, -0.2) is 4.98 Å². The van der Waals surface area contributed by atoms with Crippen molar-refractivity contribution in [1.82, 2.24) is 14.8 Å². The molecule has 0 aromatic carbocycles. The summed E-state index contributed by atoms with van der Waals surface area (Å²) in [5.74, 6) is -0.289. The number of nitrogens with zero attached hydrogens (tertiary/aromatic N) is 3. The van der Waals surface area contributed by atoms with Gasteiger partial charge in [-0.3, -0.25) is 14.8 Å². The van der Waals surface area contributed by atoms with E-state index in [0.29, 0.717) is 31.7 Å². The van der Waals surface area contributed by atoms with E-state index in [9.17, 15) is 4.79 Å². The lowest BCUT2D eigenvalue weighted by Crippen LogP contribution is -2.13. The number of amides is 1. The number of hydrogen-bond acceptors (Lipinski definition) is 5. The molecule has 3 heterocycles. The van der Waals surface area contributed by atoms with Gasteiger partial charge in [0.25, 0.3) is 5.91 Å². The number of aromatic nitrogens is 3. The molecule has 3 aromatic rings. The van der Waals surface area contributed by atoms with Crippen LogP contribution >= 0.6 is 45.9 Å². The fourth-order valence-electron chi connectivity index (χ4n) is 1.79. The van der Waals surface area contributed by atoms with E-state index in [0.717, 1.165) is 5.56 Å². The molecule has 0 aliphatic heterocycles. The number of thiazole rings is 1. The van der Waals surface area contributed by atoms with Gasteiger partial charge >= 0.3 is 0 Å². The van der Waals surface area contributed by atoms with Gasteiger partial charge in [0.05, 0.1) is 10.0 Å². The molecule has 0 atom stereocenters. The molecule has 0 spiro atoms. The number of hydrogen-bond donors (Lipinski definition) is 1. The van der Waals surface area contributed by atoms with E-state index >= 15 is 0 Å². The van der Waals surface area contributed by atoms with Crippen LogP contribution in [0.4, 0.5) is 5.13 Å². The van der Waals surface area contributed by atoms with Crippen LogP contribution in [0.1, 0.15) is 17.4 Å². The van der Waals surface area contributed by atoms with E-state index in [-0.39, 0.29) is 5.91 Å². The largest absolute Gasteiger partial charge is 0.296 e. The second-order valence-electron chi connectivity index (χ2n) is 4.29. The summed E-state index contributed by atoms with van der Waals surface area (Å²) in [5, 5.41) is 9.20. The van der Waals surface area contributed by atoms with Gasteiger partial charge in [0.2, 0.25) is 0 Å². The number of carbonyl (C=O) groups is 1. The first-order valence-electron chi connectivity index (χ1n) is 6.32. The second kappa shape index (κ2) is 6.37. The van der Waals surface area contributed by atoms with Crippen LogP contribution in [0.15, 0.2) is 23.7 Å². The summed E-state index contributed by atoms with van der Waals surface area (Å²) in [7, 11) is 0. The summed E-state index contributed by atoms with van der Waals surface area (Å²) >= 11 is 14.6. The minimum absolute atomic E-state index is 0.289. The first kappa shape index (κ1) is 15.5. The van der Waals surface area contributed by atoms with E-state index < -0.39 is 0 Å². The number of thiophene rings is 1. The predicted octanol–water partition coefficient (Wildman–Crippen LogP) is 4.65. The zero-order valence-electron chi connectivity index (χ0n) is 11.3. The third-order valence-corrected chi connectivity index (χ3v) is 5.10. The molecule has 0 fully saturated rings. The van der Waals surface area contributed by atoms with Crippen LogP contribution in [-0.4, -0.2) is 20.7 Å². The zero-order valence-corrected chi connectivity index (χ0v) is 14.5. The lowest BCUT2D eigenvalue weighted by molar-refractivity contribution is 0.102. The second-order valence-corrected chi connectivity index (χ2v) is 7.43. The molecule has 5 nitrogen and oxygen atoms in total. The molecule has 0 saturated heterocycles. The summed E-state index contributed by atoms with van der Waals surface area (Å²) in [6, 6.07) is 3.43. The molecule has 22 heavy (non-hydrogen) atoms. The maximum Gasteiger partial charge on any atom is 0.277 e. The van der Waals surface area contributed by atoms with Crippen molar-refractivity contribution >= 4 is 56.9 Å². The van der Waals surface area contributed by atoms with Crippen molar-refractivity contribution in [2.75, 3.05) is 5.32 Å². The number of halogens is 2. The van der Waals surface area contributed by atoms with E-state index in [2.05, 4.69) is 15.4 Å². The molecule has 0 radical (unpaired) electrons. The lowest BCUT2D eigenvalue weighted by Gasteiger charge is -1.98. The zero-order chi connectivity index (χ0) is 15.7. The Balaban J connectivity index is 1.76. The van der Waals surface area contributed by atoms with Crippen molar-refractivity contribution < 1.29 is 4.79 Å². The topological polar surface area (TPSA) is 59.8 Å². The van der Waals surface area contributed by atoms with Gasteiger partial charge in [-0.05, 0) is 19.1 Å². The maximum absolute atomic E-state index is 12.1. The number of rotatable bonds is 4. The highest BCUT2D eigenvalue weighted by molar-refractivity contribution is 7.20. The first-order valence-corrected chi connectivity index (χ1v) is 8.77. The van der Waals surface area contributed by atoms with Crippen molar-refractivity contribution in [3.05, 3.63) is 38.1 Å². The molecule has 3 rings (SSSR count). The smallest absolute Gasteiger partial charge is 0.277 e. The van der Waals surface area contributed by atoms with Crippen LogP contribution in [0.2, 0.25) is 8.67 Å². The molecule has 3 aromatic heterocycles. The van der Waals surface area contributed by atoms with E-state index in [4.69, 9.17) is 23.2 Å². The molecular formula is C13H10Cl2N4OS2. The summed E-state index contributed by atoms with van der Waals surface area (Å²) in [6.07, 6.45) is 1.76. The maximum atomic E-state index is 12.1. The number of anilines is 1. The van der Waals surface area contributed by atoms with Crippen LogP contribution in [0.25, 0.3) is 11.3 Å². The van der Waals surface area contributed by atoms with Crippen LogP contribution in [0, 0.1) is 0 Å². The number of nitrogens with one attached hydrogen (secondary N) is 1. The van der Waals surface area contributed by atoms with Gasteiger partial charge in [0, 0.05) is 23.7 Å². The minimum atomic E-state index is -0.289. The molecule has 0 saturated carbocycles. The summed E-state index contributed by atoms with van der Waals surface area (Å²) < 4.78 is 2.87. The summed E-state index contributed by atoms with van der Waals surface area (Å²) in [4.78, 5) is 16.5. The van der Waals surface area contributed by atoms with Crippen molar-refractivity contribution in [3.8, 4) is 11.3 Å². The predicted molar refractivity (Wildman–Crippen MR) is 91.3 cm³/mol. The molecule has 0 unspecified atom stereocenters. The number of aryl methyl sites for hydroxylation is 1. The van der Waals surface area contributed by atoms with Gasteiger partial charge in [-0.15, -0.1) is 22.7 Å². The third kappa shape index (κ3) is 3.17. The Morgan fingerprint density at radius 2 is 2.27 bits per heavy atom. The molecule has 0 aliphatic carbocycles. The highest BCUT2D eigenvalue weighted by atomic mass is 35.5. The molecule has 0 bridgehead atoms. The van der Waals surface area contributed by atoms with Gasteiger partial charge in [0.15, 0.2) is 10.8 Å². The van der Waals surface area contributed by atoms with Gasteiger partial charge < -0.3 is 0 Å². The van der Waals surface area contributed by atoms with Crippen molar-refractivity contribution in [2.24, 2.45) is 0 Å². The van der Waals surface area contributed by atoms with Gasteiger partial charge in [0.1, 0.15) is 4.34 Å². The average molecular weight is 373 g/mol. The standard InChI is InChI=1S/C13H10Cl2N4OS2/c1-2-19-4-3-8(18-19)12(20)17-13-16-9(6-21-13)7-5-10(14)22-11(7)15/h3-6H,2H2,1H3,(H,16,17,20). The fourth-order valence-corrected chi connectivity index (χ4v) is 3.98. The Bertz CT molecular complexity index is 824. The normalized spacial score (nSPS) is 10.9. The van der Waals surface area contributed by atoms with E-state index in [1.807, 2.05) is 12.3 Å². The SMILES string of the molecule is CCn1ccc(C(=O)Nc2nc(-c3cc(Cl)sc3Cl)cs2)n1. The Kier molecular flexibility index (Phi) is 4.49. The minimum Gasteiger partial charge on any atom is -0.296 e. The van der Waals surface area contributed by atoms with E-state index in [1.54, 1.807) is 23.0 Å². The monoisotopic (exact) mass is 372 g/mol. The molecule has 1 N–H and O–H groups in total. The summed E-state index contributed by atoms with van der Waals surface area (Å²) in [6.45, 7) is 2.67. The molecular weight excluding hydrogens is 363 g/mol. The summed E-state index contributed by atoms with van der Waals surface area (Å²) in [5.41, 5.74) is 1.81. The number of carbonyl (C=O) groups excluding carboxylic acids is 1. The van der Waals surface area contributed by atoms with E-state index in [1.165, 1.54) is 22.7 Å².